The zero-order valence-corrected chi connectivity index (χ0v) is 19.2. The summed E-state index contributed by atoms with van der Waals surface area (Å²) in [7, 11) is 0. The second-order valence-corrected chi connectivity index (χ2v) is 7.70. The summed E-state index contributed by atoms with van der Waals surface area (Å²) in [6.45, 7) is 0. The van der Waals surface area contributed by atoms with Crippen LogP contribution < -0.4 is 10.6 Å². The lowest BCUT2D eigenvalue weighted by Crippen LogP contribution is -2.15. The third-order valence-electron chi connectivity index (χ3n) is 4.71. The van der Waals surface area contributed by atoms with Crippen LogP contribution in [0.25, 0.3) is 12.2 Å². The highest BCUT2D eigenvalue weighted by Crippen LogP contribution is 2.27. The Kier molecular flexibility index (Phi) is 8.41. The Morgan fingerprint density at radius 3 is 1.62 bits per heavy atom. The average molecular weight is 525 g/mol. The van der Waals surface area contributed by atoms with E-state index in [4.69, 9.17) is 11.6 Å². The zero-order chi connectivity index (χ0) is 27.1. The minimum Gasteiger partial charge on any atom is -0.321 e. The van der Waals surface area contributed by atoms with Crippen molar-refractivity contribution >= 4 is 46.9 Å². The Bertz CT molecular complexity index is 1560. The smallest absolute Gasteiger partial charge is 0.266 e. The van der Waals surface area contributed by atoms with Crippen molar-refractivity contribution in [3.05, 3.63) is 105 Å². The van der Waals surface area contributed by atoms with E-state index in [-0.39, 0.29) is 27.5 Å². The first-order valence-electron chi connectivity index (χ1n) is 10.2. The number of nitrogens with zero attached hydrogens (tertiary/aromatic N) is 2. The zero-order valence-electron chi connectivity index (χ0n) is 18.5. The first kappa shape index (κ1) is 26.7. The lowest BCUT2D eigenvalue weighted by Gasteiger charge is -2.10. The Labute approximate surface area is 212 Å². The number of amides is 2. The number of rotatable bonds is 6. The van der Waals surface area contributed by atoms with E-state index in [1.165, 1.54) is 30.3 Å². The van der Waals surface area contributed by atoms with Crippen LogP contribution in [0.2, 0.25) is 5.02 Å². The number of nitriles is 2. The first-order chi connectivity index (χ1) is 17.6. The minimum absolute atomic E-state index is 0.0423. The number of hydrogen-bond acceptors (Lipinski definition) is 4. The van der Waals surface area contributed by atoms with Gasteiger partial charge < -0.3 is 10.6 Å². The van der Waals surface area contributed by atoms with Crippen molar-refractivity contribution in [2.24, 2.45) is 0 Å². The molecule has 6 nitrogen and oxygen atoms in total. The van der Waals surface area contributed by atoms with Gasteiger partial charge in [-0.15, -0.1) is 0 Å². The SMILES string of the molecule is N#C/C(=C/c1ccc(F)c(F)c1)C(=O)Nc1ccc(NC(=O)/C(C#N)=C/c2ccc(F)c(F)c2)cc1Cl. The molecule has 0 aliphatic rings. The molecule has 2 amide bonds. The molecule has 3 aromatic carbocycles. The second-order valence-electron chi connectivity index (χ2n) is 7.29. The summed E-state index contributed by atoms with van der Waals surface area (Å²) in [5.74, 6) is -6.20. The number of benzene rings is 3. The normalized spacial score (nSPS) is 11.3. The van der Waals surface area contributed by atoms with Crippen molar-refractivity contribution in [1.82, 2.24) is 0 Å². The van der Waals surface area contributed by atoms with Gasteiger partial charge in [0.2, 0.25) is 0 Å². The second kappa shape index (κ2) is 11.7. The Morgan fingerprint density at radius 2 is 1.19 bits per heavy atom. The van der Waals surface area contributed by atoms with Crippen molar-refractivity contribution < 1.29 is 27.2 Å². The number of anilines is 2. The molecule has 37 heavy (non-hydrogen) atoms. The molecule has 0 bridgehead atoms. The standard InChI is InChI=1S/C26H13ClF4N4O2/c27-19-11-18(34-25(36)16(12-32)7-14-1-4-20(28)22(30)9-14)3-6-24(19)35-26(37)17(13-33)8-15-2-5-21(29)23(31)10-15/h1-11H,(H,34,36)(H,35,37)/b16-7+,17-8-. The Hall–Kier alpha value is -4.93. The molecule has 0 saturated heterocycles. The van der Waals surface area contributed by atoms with Crippen molar-refractivity contribution in [3.63, 3.8) is 0 Å². The fraction of sp³-hybridized carbons (Fsp3) is 0. The summed E-state index contributed by atoms with van der Waals surface area (Å²) < 4.78 is 52.9. The van der Waals surface area contributed by atoms with Gasteiger partial charge in [-0.2, -0.15) is 10.5 Å². The number of nitrogens with one attached hydrogen (secondary N) is 2. The molecule has 3 aromatic rings. The maximum atomic E-state index is 13.4. The molecule has 0 heterocycles. The minimum atomic E-state index is -1.15. The molecule has 0 aromatic heterocycles. The van der Waals surface area contributed by atoms with Gasteiger partial charge in [-0.3, -0.25) is 9.59 Å². The van der Waals surface area contributed by atoms with E-state index in [1.807, 2.05) is 0 Å². The van der Waals surface area contributed by atoms with Crippen LogP contribution in [0.5, 0.6) is 0 Å². The number of carbonyl (C=O) groups is 2. The molecule has 0 unspecified atom stereocenters. The van der Waals surface area contributed by atoms with E-state index in [0.717, 1.165) is 36.4 Å². The van der Waals surface area contributed by atoms with Crippen molar-refractivity contribution in [3.8, 4) is 12.1 Å². The molecule has 11 heteroatoms. The van der Waals surface area contributed by atoms with Gasteiger partial charge in [-0.1, -0.05) is 23.7 Å². The van der Waals surface area contributed by atoms with E-state index in [9.17, 15) is 37.7 Å². The van der Waals surface area contributed by atoms with Crippen molar-refractivity contribution in [2.45, 2.75) is 0 Å². The molecule has 0 spiro atoms. The molecular weight excluding hydrogens is 512 g/mol. The van der Waals surface area contributed by atoms with E-state index < -0.39 is 46.2 Å². The molecule has 0 atom stereocenters. The highest BCUT2D eigenvalue weighted by atomic mass is 35.5. The highest BCUT2D eigenvalue weighted by Gasteiger charge is 2.15. The summed E-state index contributed by atoms with van der Waals surface area (Å²) in [5, 5.41) is 23.3. The molecule has 3 rings (SSSR count). The lowest BCUT2D eigenvalue weighted by molar-refractivity contribution is -0.113. The maximum Gasteiger partial charge on any atom is 0.266 e. The Morgan fingerprint density at radius 1 is 0.703 bits per heavy atom. The molecule has 0 fully saturated rings. The molecule has 0 aliphatic carbocycles. The van der Waals surface area contributed by atoms with Gasteiger partial charge in [0.05, 0.1) is 10.7 Å². The van der Waals surface area contributed by atoms with Gasteiger partial charge in [0, 0.05) is 5.69 Å². The van der Waals surface area contributed by atoms with Crippen LogP contribution in [0.4, 0.5) is 28.9 Å². The van der Waals surface area contributed by atoms with Crippen LogP contribution >= 0.6 is 11.6 Å². The van der Waals surface area contributed by atoms with Gasteiger partial charge in [-0.05, 0) is 65.7 Å². The predicted octanol–water partition coefficient (Wildman–Crippen LogP) is 5.99. The quantitative estimate of drug-likeness (QED) is 0.235. The van der Waals surface area contributed by atoms with Crippen LogP contribution in [0, 0.1) is 45.9 Å². The number of hydrogen-bond donors (Lipinski definition) is 2. The van der Waals surface area contributed by atoms with Crippen LogP contribution in [0.1, 0.15) is 11.1 Å². The monoisotopic (exact) mass is 524 g/mol. The number of halogens is 5. The van der Waals surface area contributed by atoms with Crippen molar-refractivity contribution in [2.75, 3.05) is 10.6 Å². The molecule has 0 saturated carbocycles. The average Bonchev–Trinajstić information content (AvgIpc) is 2.86. The topological polar surface area (TPSA) is 106 Å². The van der Waals surface area contributed by atoms with Crippen LogP contribution in [0.15, 0.2) is 65.7 Å². The van der Waals surface area contributed by atoms with E-state index in [2.05, 4.69) is 10.6 Å². The number of carbonyl (C=O) groups excluding carboxylic acids is 2. The van der Waals surface area contributed by atoms with E-state index in [0.29, 0.717) is 0 Å². The molecule has 184 valence electrons. The van der Waals surface area contributed by atoms with Crippen molar-refractivity contribution in [1.29, 1.82) is 10.5 Å². The maximum absolute atomic E-state index is 13.4. The summed E-state index contributed by atoms with van der Waals surface area (Å²) in [5.41, 5.74) is -0.446. The van der Waals surface area contributed by atoms with E-state index in [1.54, 1.807) is 12.1 Å². The summed E-state index contributed by atoms with van der Waals surface area (Å²) in [4.78, 5) is 24.9. The van der Waals surface area contributed by atoms with Gasteiger partial charge >= 0.3 is 0 Å². The fourth-order valence-electron chi connectivity index (χ4n) is 2.92. The fourth-order valence-corrected chi connectivity index (χ4v) is 3.14. The van der Waals surface area contributed by atoms with Gasteiger partial charge in [-0.25, -0.2) is 17.6 Å². The van der Waals surface area contributed by atoms with Gasteiger partial charge in [0.1, 0.15) is 23.3 Å². The molecule has 2 N–H and O–H groups in total. The third-order valence-corrected chi connectivity index (χ3v) is 5.03. The highest BCUT2D eigenvalue weighted by molar-refractivity contribution is 6.34. The summed E-state index contributed by atoms with van der Waals surface area (Å²) >= 11 is 6.16. The third kappa shape index (κ3) is 6.82. The van der Waals surface area contributed by atoms with E-state index >= 15 is 0 Å². The van der Waals surface area contributed by atoms with Gasteiger partial charge in [0.25, 0.3) is 11.8 Å². The van der Waals surface area contributed by atoms with Gasteiger partial charge in [0.15, 0.2) is 23.3 Å². The first-order valence-corrected chi connectivity index (χ1v) is 10.5. The van der Waals surface area contributed by atoms with Crippen LogP contribution in [-0.4, -0.2) is 11.8 Å². The molecular formula is C26H13ClF4N4O2. The van der Waals surface area contributed by atoms with Crippen LogP contribution in [0.3, 0.4) is 0 Å². The largest absolute Gasteiger partial charge is 0.321 e. The predicted molar refractivity (Wildman–Crippen MR) is 129 cm³/mol. The lowest BCUT2D eigenvalue weighted by atomic mass is 10.1. The molecule has 0 radical (unpaired) electrons. The summed E-state index contributed by atoms with van der Waals surface area (Å²) in [6, 6.07) is 13.0. The van der Waals surface area contributed by atoms with Crippen LogP contribution in [-0.2, 0) is 9.59 Å². The Balaban J connectivity index is 1.74. The molecule has 0 aliphatic heterocycles. The summed E-state index contributed by atoms with van der Waals surface area (Å²) in [6.07, 6.45) is 2.12.